The second-order valence-corrected chi connectivity index (χ2v) is 4.76. The molecule has 2 rings (SSSR count). The fourth-order valence-electron chi connectivity index (χ4n) is 2.28. The SMILES string of the molecule is CNCCc1nn(C)c(-c2ccc(C)cc2)c1C. The third kappa shape index (κ3) is 2.46. The van der Waals surface area contributed by atoms with Crippen LogP contribution in [0, 0.1) is 13.8 Å². The van der Waals surface area contributed by atoms with Crippen molar-refractivity contribution < 1.29 is 0 Å². The molecule has 3 heteroatoms. The van der Waals surface area contributed by atoms with Crippen LogP contribution in [0.3, 0.4) is 0 Å². The molecule has 0 aliphatic heterocycles. The molecule has 0 aliphatic rings. The molecule has 0 amide bonds. The predicted molar refractivity (Wildman–Crippen MR) is 75.7 cm³/mol. The van der Waals surface area contributed by atoms with Crippen molar-refractivity contribution in [3.05, 3.63) is 41.1 Å². The quantitative estimate of drug-likeness (QED) is 0.894. The van der Waals surface area contributed by atoms with Crippen molar-refractivity contribution in [2.45, 2.75) is 20.3 Å². The van der Waals surface area contributed by atoms with Gasteiger partial charge in [-0.3, -0.25) is 4.68 Å². The second kappa shape index (κ2) is 5.36. The number of hydrogen-bond donors (Lipinski definition) is 1. The van der Waals surface area contributed by atoms with E-state index in [1.165, 1.54) is 28.1 Å². The zero-order valence-electron chi connectivity index (χ0n) is 11.6. The molecule has 0 saturated carbocycles. The molecule has 2 aromatic rings. The number of aryl methyl sites for hydroxylation is 2. The van der Waals surface area contributed by atoms with E-state index in [0.717, 1.165) is 13.0 Å². The van der Waals surface area contributed by atoms with Crippen molar-refractivity contribution >= 4 is 0 Å². The van der Waals surface area contributed by atoms with Crippen LogP contribution in [0.1, 0.15) is 16.8 Å². The highest BCUT2D eigenvalue weighted by Crippen LogP contribution is 2.25. The van der Waals surface area contributed by atoms with Crippen LogP contribution in [0.4, 0.5) is 0 Å². The molecule has 1 aromatic heterocycles. The van der Waals surface area contributed by atoms with Crippen molar-refractivity contribution in [1.82, 2.24) is 15.1 Å². The van der Waals surface area contributed by atoms with Gasteiger partial charge in [0.15, 0.2) is 0 Å². The molecule has 1 heterocycles. The number of benzene rings is 1. The van der Waals surface area contributed by atoms with Gasteiger partial charge in [0.05, 0.1) is 11.4 Å². The molecule has 18 heavy (non-hydrogen) atoms. The first kappa shape index (κ1) is 12.8. The molecular formula is C15H21N3. The van der Waals surface area contributed by atoms with Crippen LogP contribution < -0.4 is 5.32 Å². The summed E-state index contributed by atoms with van der Waals surface area (Å²) in [5.41, 5.74) is 6.22. The molecule has 0 atom stereocenters. The molecular weight excluding hydrogens is 222 g/mol. The Balaban J connectivity index is 2.38. The zero-order chi connectivity index (χ0) is 13.1. The van der Waals surface area contributed by atoms with Crippen molar-refractivity contribution in [2.75, 3.05) is 13.6 Å². The van der Waals surface area contributed by atoms with E-state index in [1.54, 1.807) is 0 Å². The molecule has 0 radical (unpaired) electrons. The molecule has 0 aliphatic carbocycles. The van der Waals surface area contributed by atoms with Crippen molar-refractivity contribution in [1.29, 1.82) is 0 Å². The number of nitrogens with zero attached hydrogens (tertiary/aromatic N) is 2. The summed E-state index contributed by atoms with van der Waals surface area (Å²) in [6.07, 6.45) is 0.974. The topological polar surface area (TPSA) is 29.9 Å². The lowest BCUT2D eigenvalue weighted by Crippen LogP contribution is -2.11. The van der Waals surface area contributed by atoms with E-state index in [1.807, 2.05) is 18.8 Å². The Labute approximate surface area is 109 Å². The summed E-state index contributed by atoms with van der Waals surface area (Å²) in [5.74, 6) is 0. The van der Waals surface area contributed by atoms with Gasteiger partial charge in [0, 0.05) is 25.6 Å². The number of rotatable bonds is 4. The lowest BCUT2D eigenvalue weighted by atomic mass is 10.0. The molecule has 3 nitrogen and oxygen atoms in total. The summed E-state index contributed by atoms with van der Waals surface area (Å²) >= 11 is 0. The summed E-state index contributed by atoms with van der Waals surface area (Å²) in [6.45, 7) is 5.23. The molecule has 96 valence electrons. The van der Waals surface area contributed by atoms with Gasteiger partial charge in [-0.2, -0.15) is 5.10 Å². The number of likely N-dealkylation sites (N-methyl/N-ethyl adjacent to an activating group) is 1. The minimum absolute atomic E-state index is 0.963. The standard InChI is InChI=1S/C15H21N3/c1-11-5-7-13(8-6-11)15-12(2)14(9-10-16-3)17-18(15)4/h5-8,16H,9-10H2,1-4H3. The zero-order valence-corrected chi connectivity index (χ0v) is 11.6. The average Bonchev–Trinajstić information content (AvgIpc) is 2.63. The Kier molecular flexibility index (Phi) is 3.82. The van der Waals surface area contributed by atoms with Crippen LogP contribution in [-0.2, 0) is 13.5 Å². The highest BCUT2D eigenvalue weighted by atomic mass is 15.3. The summed E-state index contributed by atoms with van der Waals surface area (Å²) in [4.78, 5) is 0. The van der Waals surface area contributed by atoms with Crippen LogP contribution in [0.25, 0.3) is 11.3 Å². The van der Waals surface area contributed by atoms with Crippen molar-refractivity contribution in [3.63, 3.8) is 0 Å². The highest BCUT2D eigenvalue weighted by Gasteiger charge is 2.13. The lowest BCUT2D eigenvalue weighted by Gasteiger charge is -2.04. The van der Waals surface area contributed by atoms with Gasteiger partial charge in [0.25, 0.3) is 0 Å². The maximum Gasteiger partial charge on any atom is 0.0710 e. The molecule has 0 fully saturated rings. The minimum Gasteiger partial charge on any atom is -0.319 e. The van der Waals surface area contributed by atoms with E-state index >= 15 is 0 Å². The number of nitrogens with one attached hydrogen (secondary N) is 1. The van der Waals surface area contributed by atoms with Crippen LogP contribution in [0.15, 0.2) is 24.3 Å². The number of aromatic nitrogens is 2. The Morgan fingerprint density at radius 2 is 1.83 bits per heavy atom. The number of hydrogen-bond acceptors (Lipinski definition) is 2. The van der Waals surface area contributed by atoms with Crippen LogP contribution in [0.5, 0.6) is 0 Å². The van der Waals surface area contributed by atoms with Gasteiger partial charge < -0.3 is 5.32 Å². The molecule has 1 N–H and O–H groups in total. The Hall–Kier alpha value is -1.61. The maximum atomic E-state index is 4.62. The van der Waals surface area contributed by atoms with E-state index < -0.39 is 0 Å². The molecule has 0 saturated heterocycles. The predicted octanol–water partition coefficient (Wildman–Crippen LogP) is 2.47. The normalized spacial score (nSPS) is 10.9. The van der Waals surface area contributed by atoms with E-state index in [-0.39, 0.29) is 0 Å². The van der Waals surface area contributed by atoms with E-state index in [0.29, 0.717) is 0 Å². The van der Waals surface area contributed by atoms with Gasteiger partial charge in [-0.05, 0) is 26.5 Å². The van der Waals surface area contributed by atoms with Gasteiger partial charge in [-0.25, -0.2) is 0 Å². The lowest BCUT2D eigenvalue weighted by molar-refractivity contribution is 0.720. The Bertz CT molecular complexity index is 523. The van der Waals surface area contributed by atoms with Gasteiger partial charge in [-0.15, -0.1) is 0 Å². The smallest absolute Gasteiger partial charge is 0.0710 e. The average molecular weight is 243 g/mol. The van der Waals surface area contributed by atoms with Crippen LogP contribution in [-0.4, -0.2) is 23.4 Å². The van der Waals surface area contributed by atoms with Crippen molar-refractivity contribution in [3.8, 4) is 11.3 Å². The first-order chi connectivity index (χ1) is 8.63. The van der Waals surface area contributed by atoms with Gasteiger partial charge in [-0.1, -0.05) is 29.8 Å². The molecule has 0 unspecified atom stereocenters. The highest BCUT2D eigenvalue weighted by molar-refractivity contribution is 5.64. The van der Waals surface area contributed by atoms with E-state index in [2.05, 4.69) is 48.5 Å². The van der Waals surface area contributed by atoms with Gasteiger partial charge >= 0.3 is 0 Å². The fraction of sp³-hybridized carbons (Fsp3) is 0.400. The molecule has 0 spiro atoms. The van der Waals surface area contributed by atoms with Gasteiger partial charge in [0.1, 0.15) is 0 Å². The maximum absolute atomic E-state index is 4.62. The van der Waals surface area contributed by atoms with E-state index in [4.69, 9.17) is 0 Å². The van der Waals surface area contributed by atoms with Gasteiger partial charge in [0.2, 0.25) is 0 Å². The first-order valence-electron chi connectivity index (χ1n) is 6.37. The second-order valence-electron chi connectivity index (χ2n) is 4.76. The largest absolute Gasteiger partial charge is 0.319 e. The summed E-state index contributed by atoms with van der Waals surface area (Å²) in [5, 5.41) is 7.79. The third-order valence-corrected chi connectivity index (χ3v) is 3.32. The monoisotopic (exact) mass is 243 g/mol. The first-order valence-corrected chi connectivity index (χ1v) is 6.37. The van der Waals surface area contributed by atoms with E-state index in [9.17, 15) is 0 Å². The molecule has 1 aromatic carbocycles. The third-order valence-electron chi connectivity index (χ3n) is 3.32. The fourth-order valence-corrected chi connectivity index (χ4v) is 2.28. The van der Waals surface area contributed by atoms with Crippen LogP contribution >= 0.6 is 0 Å². The Morgan fingerprint density at radius 1 is 1.17 bits per heavy atom. The summed E-state index contributed by atoms with van der Waals surface area (Å²) < 4.78 is 1.99. The summed E-state index contributed by atoms with van der Waals surface area (Å²) in [7, 11) is 3.99. The molecule has 0 bridgehead atoms. The van der Waals surface area contributed by atoms with Crippen molar-refractivity contribution in [2.24, 2.45) is 7.05 Å². The Morgan fingerprint density at radius 3 is 2.44 bits per heavy atom. The summed E-state index contributed by atoms with van der Waals surface area (Å²) in [6, 6.07) is 8.63. The van der Waals surface area contributed by atoms with Crippen LogP contribution in [0.2, 0.25) is 0 Å². The minimum atomic E-state index is 0.963.